The van der Waals surface area contributed by atoms with E-state index in [-0.39, 0.29) is 63.1 Å². The van der Waals surface area contributed by atoms with E-state index in [1.54, 1.807) is 14.7 Å². The lowest BCUT2D eigenvalue weighted by atomic mass is 9.78. The van der Waals surface area contributed by atoms with Crippen molar-refractivity contribution in [3.05, 3.63) is 53.6 Å². The smallest absolute Gasteiger partial charge is 0.410 e. The van der Waals surface area contributed by atoms with Crippen LogP contribution in [0.4, 0.5) is 25.0 Å². The van der Waals surface area contributed by atoms with Crippen LogP contribution in [0.25, 0.3) is 5.57 Å². The van der Waals surface area contributed by atoms with E-state index in [4.69, 9.17) is 4.74 Å². The van der Waals surface area contributed by atoms with Gasteiger partial charge >= 0.3 is 6.09 Å². The Morgan fingerprint density at radius 1 is 0.919 bits per heavy atom. The van der Waals surface area contributed by atoms with Gasteiger partial charge in [-0.25, -0.2) is 23.5 Å². The number of piperidine rings is 3. The summed E-state index contributed by atoms with van der Waals surface area (Å²) in [5, 5.41) is 5.09. The summed E-state index contributed by atoms with van der Waals surface area (Å²) in [6.45, 7) is 23.0. The summed E-state index contributed by atoms with van der Waals surface area (Å²) in [5.41, 5.74) is 1.98. The standard InChI is InChI=1S/C41H56F2N8O5.C3H8.C2H6.H3N.2H2/c1-26(2)20-27(3)38-44-23-29(24-45-38)28-8-12-50(13-9-28)40(55)56-25-36(53)48-14-10-30(11-15-48)41(4,5)51-18-16-49(17-19-51)37-32(42)21-31(22-33(37)43)46-34-6-7-35(52)47-39(34)54;1-3-2;1-2;;;/h20-24,26,28,30,34,46H,6-19,25H2,1-5H3,(H,47,52,54);3H2,1-2H3;1-2H3;1H3;2*1H/b27-20-;;;;;/t34-;;;;;/m1...../s1. The number of aromatic nitrogens is 2. The molecule has 0 bridgehead atoms. The minimum absolute atomic E-state index is 0. The number of imide groups is 1. The first-order valence-electron chi connectivity index (χ1n) is 22.4. The van der Waals surface area contributed by atoms with Crippen molar-refractivity contribution in [3.63, 3.8) is 0 Å². The molecule has 4 fully saturated rings. The van der Waals surface area contributed by atoms with Gasteiger partial charge in [-0.3, -0.25) is 24.6 Å². The molecule has 5 heterocycles. The number of hydrogen-bond donors (Lipinski definition) is 3. The van der Waals surface area contributed by atoms with Crippen molar-refractivity contribution < 1.29 is 35.5 Å². The average Bonchev–Trinajstić information content (AvgIpc) is 3.24. The zero-order chi connectivity index (χ0) is 44.9. The van der Waals surface area contributed by atoms with Gasteiger partial charge in [-0.1, -0.05) is 54.0 Å². The summed E-state index contributed by atoms with van der Waals surface area (Å²) in [7, 11) is 0. The number of likely N-dealkylation sites (tertiary alicyclic amines) is 2. The van der Waals surface area contributed by atoms with Crippen LogP contribution in [0, 0.1) is 23.5 Å². The van der Waals surface area contributed by atoms with Gasteiger partial charge in [0.05, 0.1) is 0 Å². The number of anilines is 2. The number of hydrogen-bond acceptors (Lipinski definition) is 11. The Morgan fingerprint density at radius 3 is 2.00 bits per heavy atom. The molecule has 0 aliphatic carbocycles. The molecule has 16 heteroatoms. The number of rotatable bonds is 10. The van der Waals surface area contributed by atoms with E-state index in [1.165, 1.54) is 18.6 Å². The van der Waals surface area contributed by atoms with Crippen molar-refractivity contribution in [2.75, 3.05) is 69.2 Å². The zero-order valence-corrected chi connectivity index (χ0v) is 38.7. The fraction of sp³-hybridized carbons (Fsp3) is 0.652. The summed E-state index contributed by atoms with van der Waals surface area (Å²) in [6, 6.07) is 1.65. The molecule has 0 radical (unpaired) electrons. The van der Waals surface area contributed by atoms with Gasteiger partial charge < -0.3 is 30.9 Å². The Hall–Kier alpha value is -4.70. The summed E-state index contributed by atoms with van der Waals surface area (Å²) >= 11 is 0. The first-order chi connectivity index (χ1) is 29.1. The zero-order valence-electron chi connectivity index (χ0n) is 38.7. The van der Waals surface area contributed by atoms with Crippen LogP contribution in [0.15, 0.2) is 30.6 Å². The van der Waals surface area contributed by atoms with Crippen LogP contribution in [0.1, 0.15) is 127 Å². The highest BCUT2D eigenvalue weighted by Crippen LogP contribution is 2.36. The molecule has 0 unspecified atom stereocenters. The van der Waals surface area contributed by atoms with E-state index < -0.39 is 29.7 Å². The molecule has 14 nitrogen and oxygen atoms in total. The van der Waals surface area contributed by atoms with Crippen LogP contribution < -0.4 is 21.7 Å². The predicted molar refractivity (Wildman–Crippen MR) is 245 cm³/mol. The Labute approximate surface area is 371 Å². The minimum atomic E-state index is -0.738. The van der Waals surface area contributed by atoms with Crippen molar-refractivity contribution in [1.29, 1.82) is 0 Å². The molecule has 4 aliphatic rings. The quantitative estimate of drug-likeness (QED) is 0.196. The van der Waals surface area contributed by atoms with Crippen LogP contribution in [0.3, 0.4) is 0 Å². The monoisotopic (exact) mass is 874 g/mol. The maximum Gasteiger partial charge on any atom is 0.410 e. The van der Waals surface area contributed by atoms with Crippen LogP contribution in [-0.2, 0) is 19.1 Å². The van der Waals surface area contributed by atoms with E-state index in [9.17, 15) is 19.2 Å². The Balaban J connectivity index is 0.00000246. The third-order valence-corrected chi connectivity index (χ3v) is 12.0. The van der Waals surface area contributed by atoms with Crippen molar-refractivity contribution in [2.24, 2.45) is 11.8 Å². The molecule has 0 saturated carbocycles. The van der Waals surface area contributed by atoms with E-state index in [2.05, 4.69) is 73.1 Å². The second-order valence-corrected chi connectivity index (χ2v) is 17.2. The van der Waals surface area contributed by atoms with Gasteiger partial charge in [0.15, 0.2) is 24.1 Å². The Bertz CT molecular complexity index is 1790. The number of carbonyl (C=O) groups is 4. The maximum atomic E-state index is 15.3. The maximum absolute atomic E-state index is 15.3. The number of halogens is 2. The summed E-state index contributed by atoms with van der Waals surface area (Å²) in [4.78, 5) is 66.2. The number of nitrogens with one attached hydrogen (secondary N) is 2. The van der Waals surface area contributed by atoms with Gasteiger partial charge in [-0.2, -0.15) is 0 Å². The first-order valence-corrected chi connectivity index (χ1v) is 22.4. The van der Waals surface area contributed by atoms with Crippen LogP contribution in [-0.4, -0.2) is 119 Å². The third-order valence-electron chi connectivity index (χ3n) is 12.0. The molecule has 4 amide bonds. The van der Waals surface area contributed by atoms with Gasteiger partial charge in [0, 0.05) is 85.3 Å². The van der Waals surface area contributed by atoms with E-state index in [1.807, 2.05) is 33.2 Å². The van der Waals surface area contributed by atoms with Gasteiger partial charge in [-0.05, 0) is 93.9 Å². The number of carbonyl (C=O) groups excluding carboxylic acids is 4. The number of piperazine rings is 1. The van der Waals surface area contributed by atoms with Crippen molar-refractivity contribution >= 4 is 40.8 Å². The molecule has 4 aliphatic heterocycles. The number of nitrogens with zero attached hydrogens (tertiary/aromatic N) is 6. The highest BCUT2D eigenvalue weighted by Gasteiger charge is 2.40. The normalized spacial score (nSPS) is 19.4. The largest absolute Gasteiger partial charge is 0.439 e. The molecule has 1 aromatic heterocycles. The average molecular weight is 874 g/mol. The minimum Gasteiger partial charge on any atom is -0.439 e. The number of ether oxygens (including phenoxy) is 1. The van der Waals surface area contributed by atoms with Crippen molar-refractivity contribution in [2.45, 2.75) is 125 Å². The molecule has 1 atom stereocenters. The second kappa shape index (κ2) is 24.2. The van der Waals surface area contributed by atoms with Crippen LogP contribution in [0.5, 0.6) is 0 Å². The van der Waals surface area contributed by atoms with Crippen LogP contribution >= 0.6 is 0 Å². The fourth-order valence-electron chi connectivity index (χ4n) is 8.61. The predicted octanol–water partition coefficient (Wildman–Crippen LogP) is 8.28. The topological polar surface area (TPSA) is 175 Å². The molecule has 62 heavy (non-hydrogen) atoms. The number of amides is 4. The molecule has 2 aromatic rings. The molecule has 4 saturated heterocycles. The third kappa shape index (κ3) is 13.6. The van der Waals surface area contributed by atoms with Gasteiger partial charge in [0.25, 0.3) is 5.91 Å². The summed E-state index contributed by atoms with van der Waals surface area (Å²) < 4.78 is 36.1. The lowest BCUT2D eigenvalue weighted by Crippen LogP contribution is -2.59. The van der Waals surface area contributed by atoms with E-state index in [0.29, 0.717) is 64.2 Å². The first kappa shape index (κ1) is 51.6. The van der Waals surface area contributed by atoms with Gasteiger partial charge in [-0.15, -0.1) is 0 Å². The van der Waals surface area contributed by atoms with Crippen LogP contribution in [0.2, 0.25) is 0 Å². The fourth-order valence-corrected chi connectivity index (χ4v) is 8.61. The van der Waals surface area contributed by atoms with Crippen molar-refractivity contribution in [3.8, 4) is 0 Å². The molecular weight excluding hydrogens is 797 g/mol. The number of benzene rings is 1. The second-order valence-electron chi connectivity index (χ2n) is 17.2. The van der Waals surface area contributed by atoms with Gasteiger partial charge in [0.1, 0.15) is 11.7 Å². The lowest BCUT2D eigenvalue weighted by molar-refractivity contribution is -0.137. The lowest BCUT2D eigenvalue weighted by Gasteiger charge is -2.50. The number of allylic oxidation sites excluding steroid dienone is 2. The molecule has 5 N–H and O–H groups in total. The molecule has 6 rings (SSSR count). The molecule has 0 spiro atoms. The SMILES string of the molecule is C/C(=C/C(C)C)c1ncc(C2CCN(C(=O)OCC(=O)N3CCC(C(C)(C)N4CCN(c5c(F)cc(N[C@@H]6CCC(=O)NC6=O)cc5F)CC4)CC3)CC2)cn1.CC.CCC.N.[HH].[HH]. The summed E-state index contributed by atoms with van der Waals surface area (Å²) in [5.74, 6) is -0.764. The molecular formula is C46H77F2N9O5. The van der Waals surface area contributed by atoms with E-state index >= 15 is 8.78 Å². The Morgan fingerprint density at radius 2 is 1.47 bits per heavy atom. The highest BCUT2D eigenvalue weighted by atomic mass is 19.1. The highest BCUT2D eigenvalue weighted by molar-refractivity contribution is 6.01. The van der Waals surface area contributed by atoms with Gasteiger partial charge in [0.2, 0.25) is 11.8 Å². The van der Waals surface area contributed by atoms with Crippen molar-refractivity contribution in [1.82, 2.24) is 36.1 Å². The summed E-state index contributed by atoms with van der Waals surface area (Å²) in [6.07, 6.45) is 10.3. The molecule has 350 valence electrons. The Kier molecular flexibility index (Phi) is 20.2. The van der Waals surface area contributed by atoms with E-state index in [0.717, 1.165) is 42.6 Å². The molecule has 1 aromatic carbocycles.